The summed E-state index contributed by atoms with van der Waals surface area (Å²) in [4.78, 5) is 10.7. The molecule has 0 fully saturated rings. The van der Waals surface area contributed by atoms with Crippen molar-refractivity contribution >= 4 is 6.29 Å². The van der Waals surface area contributed by atoms with Gasteiger partial charge in [0.05, 0.1) is 17.5 Å². The van der Waals surface area contributed by atoms with E-state index in [-0.39, 0.29) is 0 Å². The highest BCUT2D eigenvalue weighted by Gasteiger charge is 1.99. The van der Waals surface area contributed by atoms with Gasteiger partial charge in [0.2, 0.25) is 0 Å². The maximum absolute atomic E-state index is 10.1. The molecule has 48 valence electrons. The number of aldehydes is 1. The fourth-order valence-electron chi connectivity index (χ4n) is 0.574. The zero-order valence-corrected chi connectivity index (χ0v) is 4.90. The van der Waals surface area contributed by atoms with Crippen LogP contribution in [0, 0.1) is 6.92 Å². The fourth-order valence-corrected chi connectivity index (χ4v) is 0.574. The van der Waals surface area contributed by atoms with Gasteiger partial charge in [0.1, 0.15) is 0 Å². The van der Waals surface area contributed by atoms with E-state index in [9.17, 15) is 4.79 Å². The minimum absolute atomic E-state index is 0.414. The number of aromatic nitrogens is 2. The van der Waals surface area contributed by atoms with Gasteiger partial charge in [-0.25, -0.2) is 0 Å². The summed E-state index contributed by atoms with van der Waals surface area (Å²) in [5, 5.41) is 12.1. The van der Waals surface area contributed by atoms with E-state index in [2.05, 4.69) is 5.10 Å². The molecule has 0 bridgehead atoms. The highest BCUT2D eigenvalue weighted by Crippen LogP contribution is 1.98. The normalized spacial score (nSPS) is 9.44. The summed E-state index contributed by atoms with van der Waals surface area (Å²) in [6.07, 6.45) is 1.90. The summed E-state index contributed by atoms with van der Waals surface area (Å²) < 4.78 is 0. The van der Waals surface area contributed by atoms with Crippen molar-refractivity contribution in [3.8, 4) is 0 Å². The summed E-state index contributed by atoms with van der Waals surface area (Å²) >= 11 is 0. The summed E-state index contributed by atoms with van der Waals surface area (Å²) in [7, 11) is 0. The molecule has 1 N–H and O–H groups in total. The molecule has 0 radical (unpaired) electrons. The maximum Gasteiger partial charge on any atom is 0.153 e. The van der Waals surface area contributed by atoms with Gasteiger partial charge in [0, 0.05) is 0 Å². The van der Waals surface area contributed by atoms with E-state index in [1.165, 1.54) is 6.20 Å². The molecule has 0 atom stereocenters. The first-order valence-electron chi connectivity index (χ1n) is 2.44. The van der Waals surface area contributed by atoms with Crippen molar-refractivity contribution in [2.24, 2.45) is 0 Å². The van der Waals surface area contributed by atoms with Crippen LogP contribution in [-0.4, -0.2) is 21.4 Å². The quantitative estimate of drug-likeness (QED) is 0.433. The van der Waals surface area contributed by atoms with Crippen molar-refractivity contribution in [2.75, 3.05) is 0 Å². The van der Waals surface area contributed by atoms with Crippen LogP contribution < -0.4 is 0 Å². The van der Waals surface area contributed by atoms with Crippen molar-refractivity contribution in [1.82, 2.24) is 9.94 Å². The van der Waals surface area contributed by atoms with Crippen LogP contribution in [0.1, 0.15) is 16.1 Å². The Hall–Kier alpha value is -1.32. The molecule has 0 aliphatic heterocycles. The topological polar surface area (TPSA) is 55.1 Å². The lowest BCUT2D eigenvalue weighted by Crippen LogP contribution is -1.88. The Labute approximate surface area is 51.7 Å². The highest BCUT2D eigenvalue weighted by molar-refractivity contribution is 5.75. The molecule has 0 spiro atoms. The second-order valence-corrected chi connectivity index (χ2v) is 1.71. The van der Waals surface area contributed by atoms with Crippen molar-refractivity contribution < 1.29 is 10.0 Å². The molecule has 9 heavy (non-hydrogen) atoms. The largest absolute Gasteiger partial charge is 0.412 e. The Morgan fingerprint density at radius 1 is 1.89 bits per heavy atom. The van der Waals surface area contributed by atoms with Crippen LogP contribution in [0.5, 0.6) is 0 Å². The van der Waals surface area contributed by atoms with Gasteiger partial charge < -0.3 is 5.21 Å². The van der Waals surface area contributed by atoms with Gasteiger partial charge in [-0.3, -0.25) is 4.79 Å². The molecule has 0 amide bonds. The van der Waals surface area contributed by atoms with Crippen LogP contribution in [0.15, 0.2) is 6.20 Å². The van der Waals surface area contributed by atoms with E-state index in [1.54, 1.807) is 6.92 Å². The molecule has 1 rings (SSSR count). The van der Waals surface area contributed by atoms with Crippen LogP contribution in [-0.2, 0) is 0 Å². The molecule has 4 nitrogen and oxygen atoms in total. The summed E-state index contributed by atoms with van der Waals surface area (Å²) in [6.45, 7) is 1.65. The predicted octanol–water partition coefficient (Wildman–Crippen LogP) is 0.241. The van der Waals surface area contributed by atoms with Gasteiger partial charge in [-0.2, -0.15) is 0 Å². The average molecular weight is 126 g/mol. The Balaban J connectivity index is 3.15. The second-order valence-electron chi connectivity index (χ2n) is 1.71. The molecule has 1 aromatic rings. The highest BCUT2D eigenvalue weighted by atomic mass is 16.5. The minimum atomic E-state index is 0.414. The lowest BCUT2D eigenvalue weighted by molar-refractivity contribution is 0.111. The predicted molar refractivity (Wildman–Crippen MR) is 29.5 cm³/mol. The van der Waals surface area contributed by atoms with Crippen molar-refractivity contribution in [2.45, 2.75) is 6.92 Å². The molecule has 0 aliphatic rings. The third kappa shape index (κ3) is 0.910. The Morgan fingerprint density at radius 2 is 2.56 bits per heavy atom. The average Bonchev–Trinajstić information content (AvgIpc) is 2.10. The number of rotatable bonds is 1. The van der Waals surface area contributed by atoms with Crippen molar-refractivity contribution in [3.63, 3.8) is 0 Å². The molecule has 1 heterocycles. The molecule has 0 saturated carbocycles. The smallest absolute Gasteiger partial charge is 0.153 e. The molecule has 0 aromatic carbocycles. The van der Waals surface area contributed by atoms with Gasteiger partial charge in [0.15, 0.2) is 6.29 Å². The number of hydrogen-bond donors (Lipinski definition) is 1. The first-order chi connectivity index (χ1) is 4.24. The SMILES string of the molecule is Cc1nn(O)cc1C=O. The van der Waals surface area contributed by atoms with Crippen molar-refractivity contribution in [1.29, 1.82) is 0 Å². The molecular weight excluding hydrogens is 120 g/mol. The van der Waals surface area contributed by atoms with Crippen molar-refractivity contribution in [3.05, 3.63) is 17.5 Å². The summed E-state index contributed by atoms with van der Waals surface area (Å²) in [5.41, 5.74) is 0.949. The molecular formula is C5H6N2O2. The van der Waals surface area contributed by atoms with Crippen LogP contribution in [0.25, 0.3) is 0 Å². The Kier molecular flexibility index (Phi) is 1.22. The zero-order valence-electron chi connectivity index (χ0n) is 4.90. The second kappa shape index (κ2) is 1.89. The first-order valence-corrected chi connectivity index (χ1v) is 2.44. The van der Waals surface area contributed by atoms with E-state index in [1.807, 2.05) is 0 Å². The van der Waals surface area contributed by atoms with E-state index < -0.39 is 0 Å². The minimum Gasteiger partial charge on any atom is -0.412 e. The van der Waals surface area contributed by atoms with Gasteiger partial charge in [-0.05, 0) is 6.92 Å². The number of carbonyl (C=O) groups excluding carboxylic acids is 1. The maximum atomic E-state index is 10.1. The molecule has 0 aliphatic carbocycles. The fraction of sp³-hybridized carbons (Fsp3) is 0.200. The van der Waals surface area contributed by atoms with Crippen LogP contribution in [0.2, 0.25) is 0 Å². The molecule has 4 heteroatoms. The number of hydrogen-bond acceptors (Lipinski definition) is 3. The first kappa shape index (κ1) is 5.81. The van der Waals surface area contributed by atoms with Gasteiger partial charge in [-0.15, -0.1) is 9.94 Å². The van der Waals surface area contributed by atoms with Gasteiger partial charge in [0.25, 0.3) is 0 Å². The standard InChI is InChI=1S/C5H6N2O2/c1-4-5(3-8)2-7(9)6-4/h2-3,9H,1H3. The number of carbonyl (C=O) groups is 1. The van der Waals surface area contributed by atoms with Crippen LogP contribution in [0.3, 0.4) is 0 Å². The lowest BCUT2D eigenvalue weighted by atomic mass is 10.3. The monoisotopic (exact) mass is 126 g/mol. The van der Waals surface area contributed by atoms with Gasteiger partial charge >= 0.3 is 0 Å². The zero-order chi connectivity index (χ0) is 6.85. The van der Waals surface area contributed by atoms with Crippen LogP contribution >= 0.6 is 0 Å². The molecule has 0 saturated heterocycles. The van der Waals surface area contributed by atoms with E-state index in [0.717, 1.165) is 0 Å². The Bertz CT molecular complexity index is 229. The van der Waals surface area contributed by atoms with Gasteiger partial charge in [-0.1, -0.05) is 0 Å². The lowest BCUT2D eigenvalue weighted by Gasteiger charge is -1.79. The molecule has 1 aromatic heterocycles. The Morgan fingerprint density at radius 3 is 2.78 bits per heavy atom. The molecule has 0 unspecified atom stereocenters. The van der Waals surface area contributed by atoms with Crippen LogP contribution in [0.4, 0.5) is 0 Å². The number of aryl methyl sites for hydroxylation is 1. The van der Waals surface area contributed by atoms with E-state index >= 15 is 0 Å². The van der Waals surface area contributed by atoms with E-state index in [0.29, 0.717) is 22.4 Å². The van der Waals surface area contributed by atoms with E-state index in [4.69, 9.17) is 5.21 Å². The summed E-state index contributed by atoms with van der Waals surface area (Å²) in [5.74, 6) is 0. The third-order valence-electron chi connectivity index (χ3n) is 1.05. The third-order valence-corrected chi connectivity index (χ3v) is 1.05. The number of nitrogens with zero attached hydrogens (tertiary/aromatic N) is 2. The summed E-state index contributed by atoms with van der Waals surface area (Å²) in [6, 6.07) is 0.